The van der Waals surface area contributed by atoms with Crippen molar-refractivity contribution in [3.05, 3.63) is 41.4 Å². The van der Waals surface area contributed by atoms with Crippen LogP contribution in [-0.2, 0) is 30.4 Å². The summed E-state index contributed by atoms with van der Waals surface area (Å²) >= 11 is 1.51. The predicted octanol–water partition coefficient (Wildman–Crippen LogP) is 0.927. The van der Waals surface area contributed by atoms with E-state index in [9.17, 15) is 24.0 Å². The molecule has 0 radical (unpaired) electrons. The fourth-order valence-corrected chi connectivity index (χ4v) is 3.71. The number of benzene rings is 1. The Bertz CT molecular complexity index is 1010. The normalized spacial score (nSPS) is 12.4. The van der Waals surface area contributed by atoms with E-state index in [1.807, 2.05) is 29.6 Å². The zero-order chi connectivity index (χ0) is 25.1. The first kappa shape index (κ1) is 26.5. The van der Waals surface area contributed by atoms with Crippen molar-refractivity contribution in [1.29, 1.82) is 0 Å². The number of carbonyl (C=O) groups excluding carboxylic acids is 3. The smallest absolute Gasteiger partial charge is 0.303 e. The maximum absolute atomic E-state index is 12.6. The standard InChI is InChI=1S/C22H26N4O7S/c23-20(32)15(6-9-18(28)29)26-21(33)16(7-10-19(30)31)25-17(27)8-3-13-1-4-14(5-2-13)22-24-11-12-34-22/h1-2,4-5,11-12,15-16H,3,6-10H2,(H2,23,32)(H,25,27)(H,26,33)(H,28,29)(H,30,31)/t15-,16?/m0/s1. The van der Waals surface area contributed by atoms with E-state index in [-0.39, 0.29) is 19.3 Å². The van der Waals surface area contributed by atoms with Gasteiger partial charge in [-0.25, -0.2) is 4.98 Å². The number of primary amides is 1. The summed E-state index contributed by atoms with van der Waals surface area (Å²) in [6.07, 6.45) is 0.916. The van der Waals surface area contributed by atoms with Gasteiger partial charge < -0.3 is 26.6 Å². The first-order chi connectivity index (χ1) is 16.2. The van der Waals surface area contributed by atoms with Crippen molar-refractivity contribution in [3.8, 4) is 10.6 Å². The largest absolute Gasteiger partial charge is 0.481 e. The molecule has 0 fully saturated rings. The Kier molecular flexibility index (Phi) is 10.1. The number of nitrogens with two attached hydrogens (primary N) is 1. The van der Waals surface area contributed by atoms with Crippen LogP contribution in [0.4, 0.5) is 0 Å². The van der Waals surface area contributed by atoms with Gasteiger partial charge in [0.1, 0.15) is 17.1 Å². The highest BCUT2D eigenvalue weighted by atomic mass is 32.1. The molecule has 0 bridgehead atoms. The van der Waals surface area contributed by atoms with E-state index >= 15 is 0 Å². The van der Waals surface area contributed by atoms with E-state index in [0.29, 0.717) is 6.42 Å². The van der Waals surface area contributed by atoms with Crippen LogP contribution in [0.3, 0.4) is 0 Å². The van der Waals surface area contributed by atoms with Gasteiger partial charge in [-0.2, -0.15) is 0 Å². The average molecular weight is 491 g/mol. The third-order valence-electron chi connectivity index (χ3n) is 4.88. The number of rotatable bonds is 14. The SMILES string of the molecule is NC(=O)[C@H](CCC(=O)O)NC(=O)C(CCC(=O)O)NC(=O)CCc1ccc(-c2nccs2)cc1. The molecular weight excluding hydrogens is 464 g/mol. The minimum absolute atomic E-state index is 0.0473. The van der Waals surface area contributed by atoms with Crippen molar-refractivity contribution in [2.75, 3.05) is 0 Å². The van der Waals surface area contributed by atoms with Crippen LogP contribution in [0.15, 0.2) is 35.8 Å². The third-order valence-corrected chi connectivity index (χ3v) is 5.70. The molecule has 0 aliphatic carbocycles. The van der Waals surface area contributed by atoms with E-state index in [4.69, 9.17) is 15.9 Å². The maximum Gasteiger partial charge on any atom is 0.303 e. The lowest BCUT2D eigenvalue weighted by molar-refractivity contribution is -0.139. The number of aromatic nitrogens is 1. The van der Waals surface area contributed by atoms with Gasteiger partial charge in [0.2, 0.25) is 17.7 Å². The van der Waals surface area contributed by atoms with E-state index in [1.54, 1.807) is 6.20 Å². The number of carboxylic acid groups (broad SMARTS) is 2. The Balaban J connectivity index is 1.95. The van der Waals surface area contributed by atoms with Crippen LogP contribution in [0.5, 0.6) is 0 Å². The Labute approximate surface area is 199 Å². The number of carbonyl (C=O) groups is 5. The summed E-state index contributed by atoms with van der Waals surface area (Å²) in [4.78, 5) is 62.5. The molecule has 0 aliphatic heterocycles. The highest BCUT2D eigenvalue weighted by Gasteiger charge is 2.26. The number of aliphatic carboxylic acids is 2. The topological polar surface area (TPSA) is 189 Å². The van der Waals surface area contributed by atoms with Gasteiger partial charge >= 0.3 is 11.9 Å². The van der Waals surface area contributed by atoms with Crippen LogP contribution in [-0.4, -0.2) is 56.9 Å². The average Bonchev–Trinajstić information content (AvgIpc) is 3.32. The van der Waals surface area contributed by atoms with E-state index in [2.05, 4.69) is 15.6 Å². The molecule has 11 nitrogen and oxygen atoms in total. The Morgan fingerprint density at radius 2 is 1.53 bits per heavy atom. The fourth-order valence-electron chi connectivity index (χ4n) is 3.07. The lowest BCUT2D eigenvalue weighted by Gasteiger charge is -2.21. The van der Waals surface area contributed by atoms with Crippen LogP contribution in [0.1, 0.15) is 37.7 Å². The van der Waals surface area contributed by atoms with Crippen molar-refractivity contribution < 1.29 is 34.2 Å². The molecule has 0 saturated carbocycles. The molecule has 1 heterocycles. The monoisotopic (exact) mass is 490 g/mol. The van der Waals surface area contributed by atoms with Crippen LogP contribution >= 0.6 is 11.3 Å². The minimum atomic E-state index is -1.26. The second kappa shape index (κ2) is 13.0. The first-order valence-electron chi connectivity index (χ1n) is 10.5. The number of amides is 3. The second-order valence-electron chi connectivity index (χ2n) is 7.48. The summed E-state index contributed by atoms with van der Waals surface area (Å²) in [5, 5.41) is 25.3. The molecule has 2 atom stereocenters. The van der Waals surface area contributed by atoms with Crippen LogP contribution in [0.25, 0.3) is 10.6 Å². The zero-order valence-corrected chi connectivity index (χ0v) is 19.0. The second-order valence-corrected chi connectivity index (χ2v) is 8.38. The first-order valence-corrected chi connectivity index (χ1v) is 11.3. The highest BCUT2D eigenvalue weighted by Crippen LogP contribution is 2.22. The number of carboxylic acids is 2. The number of hydrogen-bond acceptors (Lipinski definition) is 7. The Hall–Kier alpha value is -3.80. The highest BCUT2D eigenvalue weighted by molar-refractivity contribution is 7.13. The summed E-state index contributed by atoms with van der Waals surface area (Å²) in [7, 11) is 0. The summed E-state index contributed by atoms with van der Waals surface area (Å²) in [5.41, 5.74) is 7.07. The van der Waals surface area contributed by atoms with Crippen molar-refractivity contribution >= 4 is 41.0 Å². The van der Waals surface area contributed by atoms with Gasteiger partial charge in [-0.1, -0.05) is 24.3 Å². The summed E-state index contributed by atoms with van der Waals surface area (Å²) in [6, 6.07) is 5.07. The van der Waals surface area contributed by atoms with Gasteiger partial charge in [0.15, 0.2) is 0 Å². The lowest BCUT2D eigenvalue weighted by Crippen LogP contribution is -2.53. The summed E-state index contributed by atoms with van der Waals surface area (Å²) in [5.74, 6) is -4.55. The van der Waals surface area contributed by atoms with Gasteiger partial charge in [0, 0.05) is 36.4 Å². The number of nitrogens with one attached hydrogen (secondary N) is 2. The number of hydrogen-bond donors (Lipinski definition) is 5. The molecule has 1 aromatic carbocycles. The molecule has 6 N–H and O–H groups in total. The van der Waals surface area contributed by atoms with E-state index in [0.717, 1.165) is 16.1 Å². The Morgan fingerprint density at radius 3 is 2.06 bits per heavy atom. The minimum Gasteiger partial charge on any atom is -0.481 e. The number of aryl methyl sites for hydroxylation is 1. The number of thiazole rings is 1. The summed E-state index contributed by atoms with van der Waals surface area (Å²) in [6.45, 7) is 0. The van der Waals surface area contributed by atoms with Gasteiger partial charge in [-0.3, -0.25) is 24.0 Å². The Morgan fingerprint density at radius 1 is 0.912 bits per heavy atom. The van der Waals surface area contributed by atoms with Crippen LogP contribution < -0.4 is 16.4 Å². The predicted molar refractivity (Wildman–Crippen MR) is 123 cm³/mol. The summed E-state index contributed by atoms with van der Waals surface area (Å²) < 4.78 is 0. The van der Waals surface area contributed by atoms with Crippen molar-refractivity contribution in [1.82, 2.24) is 15.6 Å². The van der Waals surface area contributed by atoms with Crippen LogP contribution in [0.2, 0.25) is 0 Å². The fraction of sp³-hybridized carbons (Fsp3) is 0.364. The molecule has 34 heavy (non-hydrogen) atoms. The molecule has 1 unspecified atom stereocenters. The number of nitrogens with zero attached hydrogens (tertiary/aromatic N) is 1. The van der Waals surface area contributed by atoms with Gasteiger partial charge in [0.25, 0.3) is 0 Å². The molecule has 2 aromatic rings. The molecular formula is C22H26N4O7S. The zero-order valence-electron chi connectivity index (χ0n) is 18.2. The van der Waals surface area contributed by atoms with Crippen molar-refractivity contribution in [2.45, 2.75) is 50.6 Å². The maximum atomic E-state index is 12.6. The molecule has 0 aliphatic rings. The van der Waals surface area contributed by atoms with Gasteiger partial charge in [-0.05, 0) is 24.8 Å². The van der Waals surface area contributed by atoms with Crippen molar-refractivity contribution in [3.63, 3.8) is 0 Å². The molecule has 0 saturated heterocycles. The quantitative estimate of drug-likeness (QED) is 0.258. The van der Waals surface area contributed by atoms with Crippen LogP contribution in [0, 0.1) is 0 Å². The molecule has 182 valence electrons. The molecule has 12 heteroatoms. The van der Waals surface area contributed by atoms with E-state index in [1.165, 1.54) is 11.3 Å². The van der Waals surface area contributed by atoms with Gasteiger partial charge in [0.05, 0.1) is 0 Å². The van der Waals surface area contributed by atoms with Gasteiger partial charge in [-0.15, -0.1) is 11.3 Å². The lowest BCUT2D eigenvalue weighted by atomic mass is 10.1. The third kappa shape index (κ3) is 8.98. The molecule has 0 spiro atoms. The molecule has 1 aromatic heterocycles. The van der Waals surface area contributed by atoms with E-state index < -0.39 is 54.6 Å². The molecule has 3 amide bonds. The van der Waals surface area contributed by atoms with Crippen molar-refractivity contribution in [2.24, 2.45) is 5.73 Å². The molecule has 2 rings (SSSR count).